The first-order valence-corrected chi connectivity index (χ1v) is 23.9. The van der Waals surface area contributed by atoms with Gasteiger partial charge in [0.25, 0.3) is 7.82 Å². The van der Waals surface area contributed by atoms with Gasteiger partial charge in [-0.2, -0.15) is 0 Å². The summed E-state index contributed by atoms with van der Waals surface area (Å²) in [6.07, 6.45) is 41.7. The lowest BCUT2D eigenvalue weighted by Crippen LogP contribution is -2.37. The van der Waals surface area contributed by atoms with Crippen LogP contribution >= 0.6 is 7.82 Å². The van der Waals surface area contributed by atoms with Gasteiger partial charge in [-0.25, -0.2) is 0 Å². The summed E-state index contributed by atoms with van der Waals surface area (Å²) in [5, 5.41) is 0. The van der Waals surface area contributed by atoms with E-state index in [-0.39, 0.29) is 26.1 Å². The molecule has 0 bridgehead atoms. The Morgan fingerprint density at radius 3 is 1.77 bits per heavy atom. The highest BCUT2D eigenvalue weighted by Crippen LogP contribution is 2.38. The number of unbranched alkanes of at least 4 members (excludes halogenated alkanes) is 15. The zero-order valence-electron chi connectivity index (χ0n) is 36.7. The van der Waals surface area contributed by atoms with E-state index < -0.39 is 32.5 Å². The van der Waals surface area contributed by atoms with Crippen molar-refractivity contribution < 1.29 is 46.8 Å². The molecule has 1 aliphatic rings. The Labute approximate surface area is 348 Å². The number of epoxide rings is 1. The first kappa shape index (κ1) is 52.9. The van der Waals surface area contributed by atoms with E-state index in [1.54, 1.807) is 0 Å². The van der Waals surface area contributed by atoms with Crippen LogP contribution in [0.15, 0.2) is 48.6 Å². The molecule has 1 saturated heterocycles. The fraction of sp³-hybridized carbons (Fsp3) is 0.783. The lowest BCUT2D eigenvalue weighted by atomic mass is 10.1. The molecule has 0 N–H and O–H groups in total. The molecule has 57 heavy (non-hydrogen) atoms. The van der Waals surface area contributed by atoms with Gasteiger partial charge in [0.1, 0.15) is 19.8 Å². The molecule has 0 saturated carbocycles. The number of hydrogen-bond donors (Lipinski definition) is 0. The third-order valence-corrected chi connectivity index (χ3v) is 10.7. The highest BCUT2D eigenvalue weighted by molar-refractivity contribution is 7.45. The summed E-state index contributed by atoms with van der Waals surface area (Å²) in [6, 6.07) is 0. The van der Waals surface area contributed by atoms with Crippen LogP contribution < -0.4 is 4.89 Å². The van der Waals surface area contributed by atoms with E-state index in [1.165, 1.54) is 64.2 Å². The van der Waals surface area contributed by atoms with Crippen LogP contribution in [0.25, 0.3) is 0 Å². The second-order valence-electron chi connectivity index (χ2n) is 16.4. The van der Waals surface area contributed by atoms with Gasteiger partial charge in [0, 0.05) is 12.8 Å². The van der Waals surface area contributed by atoms with Gasteiger partial charge >= 0.3 is 11.9 Å². The molecule has 0 radical (unpaired) electrons. The minimum Gasteiger partial charge on any atom is -0.756 e. The maximum absolute atomic E-state index is 12.7. The van der Waals surface area contributed by atoms with Crippen LogP contribution in [-0.4, -0.2) is 82.2 Å². The topological polar surface area (TPSA) is 124 Å². The molecule has 4 atom stereocenters. The average Bonchev–Trinajstić information content (AvgIpc) is 3.92. The predicted octanol–water partition coefficient (Wildman–Crippen LogP) is 11.0. The number of ether oxygens (including phenoxy) is 3. The Kier molecular flexibility index (Phi) is 32.3. The molecular formula is C46H82NO9P. The Morgan fingerprint density at radius 1 is 0.632 bits per heavy atom. The molecule has 1 aliphatic heterocycles. The summed E-state index contributed by atoms with van der Waals surface area (Å²) in [5.74, 6) is -0.918. The number of phosphoric acid groups is 1. The molecule has 0 spiro atoms. The van der Waals surface area contributed by atoms with Crippen LogP contribution in [0, 0.1) is 0 Å². The third kappa shape index (κ3) is 35.6. The van der Waals surface area contributed by atoms with E-state index in [1.807, 2.05) is 27.2 Å². The molecule has 11 heteroatoms. The zero-order valence-corrected chi connectivity index (χ0v) is 37.6. The molecule has 1 rings (SSSR count). The number of esters is 2. The van der Waals surface area contributed by atoms with Crippen LogP contribution in [0.2, 0.25) is 0 Å². The lowest BCUT2D eigenvalue weighted by Gasteiger charge is -2.28. The Bertz CT molecular complexity index is 1180. The lowest BCUT2D eigenvalue weighted by molar-refractivity contribution is -0.870. The zero-order chi connectivity index (χ0) is 41.9. The number of rotatable bonds is 39. The average molecular weight is 824 g/mol. The minimum atomic E-state index is -4.65. The van der Waals surface area contributed by atoms with Crippen molar-refractivity contribution in [2.75, 3.05) is 47.5 Å². The normalized spacial score (nSPS) is 17.6. The van der Waals surface area contributed by atoms with E-state index in [4.69, 9.17) is 23.3 Å². The standard InChI is InChI=1S/C46H82NO9P/c1-6-8-10-12-14-15-16-17-18-19-20-21-24-28-32-36-45(48)52-40-42(41-54-57(50,51)53-39-38-47(3,4)5)55-46(49)37-33-29-25-22-23-27-31-35-44-43(56-44)34-30-26-13-11-9-7-2/h17-18,22,25-27,30-31,42-44H,6-16,19-21,23-24,28-29,32-41H2,1-5H3/b18-17-,25-22-,30-26-,31-27-/t42-,43?,44?/m1/s1. The maximum atomic E-state index is 12.7. The van der Waals surface area contributed by atoms with Gasteiger partial charge in [-0.1, -0.05) is 127 Å². The van der Waals surface area contributed by atoms with E-state index in [9.17, 15) is 19.0 Å². The summed E-state index contributed by atoms with van der Waals surface area (Å²) in [4.78, 5) is 37.5. The number of quaternary nitrogens is 1. The summed E-state index contributed by atoms with van der Waals surface area (Å²) in [5.41, 5.74) is 0. The van der Waals surface area contributed by atoms with Crippen molar-refractivity contribution in [2.24, 2.45) is 0 Å². The van der Waals surface area contributed by atoms with Crippen molar-refractivity contribution in [3.63, 3.8) is 0 Å². The Hall–Kier alpha value is -2.07. The number of carbonyl (C=O) groups is 2. The highest BCUT2D eigenvalue weighted by atomic mass is 31.2. The summed E-state index contributed by atoms with van der Waals surface area (Å²) >= 11 is 0. The quantitative estimate of drug-likeness (QED) is 0.0149. The van der Waals surface area contributed by atoms with Crippen molar-refractivity contribution in [3.8, 4) is 0 Å². The van der Waals surface area contributed by atoms with Crippen LogP contribution in [-0.2, 0) is 37.4 Å². The van der Waals surface area contributed by atoms with Gasteiger partial charge in [0.15, 0.2) is 6.10 Å². The van der Waals surface area contributed by atoms with Gasteiger partial charge in [-0.05, 0) is 77.0 Å². The Morgan fingerprint density at radius 2 is 1.12 bits per heavy atom. The van der Waals surface area contributed by atoms with Gasteiger partial charge in [0.05, 0.1) is 40.0 Å². The first-order chi connectivity index (χ1) is 27.5. The summed E-state index contributed by atoms with van der Waals surface area (Å²) in [6.45, 7) is 4.10. The van der Waals surface area contributed by atoms with E-state index in [2.05, 4.69) is 56.4 Å². The molecule has 330 valence electrons. The summed E-state index contributed by atoms with van der Waals surface area (Å²) < 4.78 is 39.6. The van der Waals surface area contributed by atoms with Gasteiger partial charge in [0.2, 0.25) is 0 Å². The molecular weight excluding hydrogens is 741 g/mol. The molecule has 0 aromatic heterocycles. The van der Waals surface area contributed by atoms with Gasteiger partial charge in [-0.3, -0.25) is 14.2 Å². The molecule has 0 aromatic carbocycles. The third-order valence-electron chi connectivity index (χ3n) is 9.72. The number of likely N-dealkylation sites (N-methyl/N-ethyl adjacent to an activating group) is 1. The number of allylic oxidation sites excluding steroid dienone is 6. The minimum absolute atomic E-state index is 0.0461. The molecule has 0 aromatic rings. The van der Waals surface area contributed by atoms with Crippen LogP contribution in [0.4, 0.5) is 0 Å². The largest absolute Gasteiger partial charge is 0.756 e. The fourth-order valence-corrected chi connectivity index (χ4v) is 6.76. The van der Waals surface area contributed by atoms with Crippen molar-refractivity contribution in [1.82, 2.24) is 0 Å². The van der Waals surface area contributed by atoms with Crippen molar-refractivity contribution in [3.05, 3.63) is 48.6 Å². The van der Waals surface area contributed by atoms with Crippen LogP contribution in [0.5, 0.6) is 0 Å². The molecule has 0 aliphatic carbocycles. The fourth-order valence-electron chi connectivity index (χ4n) is 6.03. The van der Waals surface area contributed by atoms with E-state index in [0.29, 0.717) is 42.5 Å². The van der Waals surface area contributed by atoms with E-state index in [0.717, 1.165) is 57.8 Å². The highest BCUT2D eigenvalue weighted by Gasteiger charge is 2.36. The second-order valence-corrected chi connectivity index (χ2v) is 17.9. The summed E-state index contributed by atoms with van der Waals surface area (Å²) in [7, 11) is 1.11. The second kappa shape index (κ2) is 34.8. The molecule has 10 nitrogen and oxygen atoms in total. The monoisotopic (exact) mass is 824 g/mol. The van der Waals surface area contributed by atoms with Gasteiger partial charge < -0.3 is 32.6 Å². The number of hydrogen-bond acceptors (Lipinski definition) is 9. The predicted molar refractivity (Wildman–Crippen MR) is 231 cm³/mol. The number of nitrogens with zero attached hydrogens (tertiary/aromatic N) is 1. The molecule has 0 amide bonds. The van der Waals surface area contributed by atoms with Crippen molar-refractivity contribution in [1.29, 1.82) is 0 Å². The maximum Gasteiger partial charge on any atom is 0.306 e. The van der Waals surface area contributed by atoms with Crippen molar-refractivity contribution >= 4 is 19.8 Å². The molecule has 3 unspecified atom stereocenters. The number of carbonyl (C=O) groups excluding carboxylic acids is 2. The smallest absolute Gasteiger partial charge is 0.306 e. The van der Waals surface area contributed by atoms with Crippen LogP contribution in [0.1, 0.15) is 168 Å². The van der Waals surface area contributed by atoms with Crippen molar-refractivity contribution in [2.45, 2.75) is 186 Å². The SMILES string of the molecule is CCCCC/C=C\CC1OC1C/C=C\C/C=C\CCCC(=O)O[C@H](COC(=O)CCCCCCC/C=C\CCCCCCCC)COP(=O)([O-])OCC[N+](C)(C)C. The molecule has 1 fully saturated rings. The van der Waals surface area contributed by atoms with E-state index >= 15 is 0 Å². The first-order valence-electron chi connectivity index (χ1n) is 22.5. The Balaban J connectivity index is 2.33. The number of phosphoric ester groups is 1. The molecule has 1 heterocycles. The van der Waals surface area contributed by atoms with Crippen LogP contribution in [0.3, 0.4) is 0 Å². The van der Waals surface area contributed by atoms with Gasteiger partial charge in [-0.15, -0.1) is 0 Å².